The topological polar surface area (TPSA) is 98.2 Å². The lowest BCUT2D eigenvalue weighted by Gasteiger charge is -2.15. The van der Waals surface area contributed by atoms with E-state index < -0.39 is 12.1 Å². The second-order valence-corrected chi connectivity index (χ2v) is 3.24. The Bertz CT molecular complexity index is 185. The number of nitrogens with one attached hydrogen (secondary N) is 1. The minimum atomic E-state index is -0.723. The summed E-state index contributed by atoms with van der Waals surface area (Å²) in [5.41, 5.74) is 10.6. The van der Waals surface area contributed by atoms with Gasteiger partial charge in [-0.05, 0) is 6.42 Å². The van der Waals surface area contributed by atoms with Crippen LogP contribution in [0.25, 0.3) is 0 Å². The summed E-state index contributed by atoms with van der Waals surface area (Å²) in [4.78, 5) is 21.8. The number of aldehydes is 1. The lowest BCUT2D eigenvalue weighted by molar-refractivity contribution is -0.125. The Morgan fingerprint density at radius 1 is 1.57 bits per heavy atom. The van der Waals surface area contributed by atoms with E-state index in [-0.39, 0.29) is 12.5 Å². The van der Waals surface area contributed by atoms with Gasteiger partial charge in [-0.2, -0.15) is 0 Å². The predicted molar refractivity (Wildman–Crippen MR) is 54.5 cm³/mol. The van der Waals surface area contributed by atoms with Crippen molar-refractivity contribution in [1.82, 2.24) is 5.32 Å². The maximum atomic E-state index is 11.2. The Balaban J connectivity index is 3.91. The quantitative estimate of drug-likeness (QED) is 0.467. The van der Waals surface area contributed by atoms with E-state index >= 15 is 0 Å². The Kier molecular flexibility index (Phi) is 6.96. The zero-order valence-corrected chi connectivity index (χ0v) is 8.53. The van der Waals surface area contributed by atoms with Crippen LogP contribution in [0.1, 0.15) is 26.2 Å². The van der Waals surface area contributed by atoms with Crippen molar-refractivity contribution in [3.8, 4) is 0 Å². The zero-order valence-electron chi connectivity index (χ0n) is 8.53. The van der Waals surface area contributed by atoms with Gasteiger partial charge in [0.05, 0.1) is 12.1 Å². The van der Waals surface area contributed by atoms with E-state index in [0.29, 0.717) is 6.42 Å². The van der Waals surface area contributed by atoms with Crippen molar-refractivity contribution in [3.05, 3.63) is 0 Å². The van der Waals surface area contributed by atoms with E-state index in [9.17, 15) is 9.59 Å². The summed E-state index contributed by atoms with van der Waals surface area (Å²) in [5.74, 6) is -0.360. The fourth-order valence-corrected chi connectivity index (χ4v) is 0.995. The molecule has 5 nitrogen and oxygen atoms in total. The molecule has 0 aliphatic carbocycles. The van der Waals surface area contributed by atoms with Gasteiger partial charge in [0.2, 0.25) is 5.91 Å². The highest BCUT2D eigenvalue weighted by Gasteiger charge is 2.15. The molecule has 0 saturated heterocycles. The van der Waals surface area contributed by atoms with E-state index in [1.54, 1.807) is 0 Å². The normalized spacial score (nSPS) is 14.5. The van der Waals surface area contributed by atoms with Gasteiger partial charge < -0.3 is 21.6 Å². The monoisotopic (exact) mass is 201 g/mol. The summed E-state index contributed by atoms with van der Waals surface area (Å²) < 4.78 is 0. The van der Waals surface area contributed by atoms with Crippen LogP contribution in [0, 0.1) is 0 Å². The van der Waals surface area contributed by atoms with Gasteiger partial charge in [-0.15, -0.1) is 0 Å². The molecule has 0 bridgehead atoms. The van der Waals surface area contributed by atoms with Gasteiger partial charge in [0.25, 0.3) is 0 Å². The fraction of sp³-hybridized carbons (Fsp3) is 0.778. The molecule has 1 amide bonds. The molecule has 82 valence electrons. The molecular weight excluding hydrogens is 182 g/mol. The summed E-state index contributed by atoms with van der Waals surface area (Å²) >= 11 is 0. The first-order valence-corrected chi connectivity index (χ1v) is 4.87. The van der Waals surface area contributed by atoms with Gasteiger partial charge in [-0.1, -0.05) is 19.8 Å². The molecule has 2 atom stereocenters. The van der Waals surface area contributed by atoms with Gasteiger partial charge in [0.15, 0.2) is 0 Å². The SMILES string of the molecule is CCCC[C@@H](C=O)NC(=O)[C@H](N)CN. The number of rotatable bonds is 7. The van der Waals surface area contributed by atoms with Crippen LogP contribution in [-0.4, -0.2) is 30.8 Å². The van der Waals surface area contributed by atoms with Crippen molar-refractivity contribution in [3.63, 3.8) is 0 Å². The first-order valence-electron chi connectivity index (χ1n) is 4.87. The van der Waals surface area contributed by atoms with Crippen LogP contribution >= 0.6 is 0 Å². The molecule has 5 N–H and O–H groups in total. The van der Waals surface area contributed by atoms with E-state index in [1.165, 1.54) is 0 Å². The standard InChI is InChI=1S/C9H19N3O2/c1-2-3-4-7(6-13)12-9(14)8(11)5-10/h6-8H,2-5,10-11H2,1H3,(H,12,14)/t7-,8+/m0/s1. The first kappa shape index (κ1) is 13.1. The third-order valence-electron chi connectivity index (χ3n) is 1.95. The number of hydrogen-bond acceptors (Lipinski definition) is 4. The van der Waals surface area contributed by atoms with Crippen molar-refractivity contribution in [2.24, 2.45) is 11.5 Å². The van der Waals surface area contributed by atoms with Gasteiger partial charge >= 0.3 is 0 Å². The van der Waals surface area contributed by atoms with E-state index in [1.807, 2.05) is 6.92 Å². The zero-order chi connectivity index (χ0) is 11.0. The van der Waals surface area contributed by atoms with Crippen molar-refractivity contribution in [1.29, 1.82) is 0 Å². The van der Waals surface area contributed by atoms with Crippen LogP contribution in [0.5, 0.6) is 0 Å². The number of carbonyl (C=O) groups is 2. The highest BCUT2D eigenvalue weighted by molar-refractivity contribution is 5.84. The van der Waals surface area contributed by atoms with Crippen LogP contribution in [-0.2, 0) is 9.59 Å². The van der Waals surface area contributed by atoms with Crippen LogP contribution in [0.4, 0.5) is 0 Å². The number of unbranched alkanes of at least 4 members (excludes halogenated alkanes) is 1. The predicted octanol–water partition coefficient (Wildman–Crippen LogP) is -0.854. The molecule has 0 aromatic rings. The molecule has 0 fully saturated rings. The van der Waals surface area contributed by atoms with Crippen molar-refractivity contribution in [2.45, 2.75) is 38.3 Å². The molecule has 0 aliphatic rings. The summed E-state index contributed by atoms with van der Waals surface area (Å²) in [5, 5.41) is 2.54. The third-order valence-corrected chi connectivity index (χ3v) is 1.95. The molecule has 0 spiro atoms. The highest BCUT2D eigenvalue weighted by Crippen LogP contribution is 1.98. The Hall–Kier alpha value is -0.940. The summed E-state index contributed by atoms with van der Waals surface area (Å²) in [6.07, 6.45) is 3.28. The lowest BCUT2D eigenvalue weighted by atomic mass is 10.1. The molecule has 0 saturated carbocycles. The Labute approximate surface area is 84.2 Å². The van der Waals surface area contributed by atoms with Crippen molar-refractivity contribution in [2.75, 3.05) is 6.54 Å². The molecule has 0 rings (SSSR count). The van der Waals surface area contributed by atoms with E-state index in [2.05, 4.69) is 5.32 Å². The molecule has 0 aromatic heterocycles. The van der Waals surface area contributed by atoms with Crippen LogP contribution < -0.4 is 16.8 Å². The minimum Gasteiger partial charge on any atom is -0.345 e. The van der Waals surface area contributed by atoms with E-state index in [0.717, 1.165) is 19.1 Å². The van der Waals surface area contributed by atoms with Crippen LogP contribution in [0.3, 0.4) is 0 Å². The van der Waals surface area contributed by atoms with Gasteiger partial charge in [0, 0.05) is 6.54 Å². The molecule has 0 aliphatic heterocycles. The molecule has 0 radical (unpaired) electrons. The van der Waals surface area contributed by atoms with Crippen LogP contribution in [0.2, 0.25) is 0 Å². The number of carbonyl (C=O) groups excluding carboxylic acids is 2. The van der Waals surface area contributed by atoms with Gasteiger partial charge in [-0.25, -0.2) is 0 Å². The highest BCUT2D eigenvalue weighted by atomic mass is 16.2. The largest absolute Gasteiger partial charge is 0.345 e. The second kappa shape index (κ2) is 7.46. The average Bonchev–Trinajstić information content (AvgIpc) is 2.22. The summed E-state index contributed by atoms with van der Waals surface area (Å²) in [6, 6.07) is -1.15. The fourth-order valence-electron chi connectivity index (χ4n) is 0.995. The maximum Gasteiger partial charge on any atom is 0.238 e. The lowest BCUT2D eigenvalue weighted by Crippen LogP contribution is -2.49. The van der Waals surface area contributed by atoms with Crippen molar-refractivity contribution >= 4 is 12.2 Å². The van der Waals surface area contributed by atoms with Gasteiger partial charge in [-0.3, -0.25) is 4.79 Å². The average molecular weight is 201 g/mol. The number of amides is 1. The number of hydrogen-bond donors (Lipinski definition) is 3. The summed E-state index contributed by atoms with van der Waals surface area (Å²) in [6.45, 7) is 2.11. The molecular formula is C9H19N3O2. The number of nitrogens with two attached hydrogens (primary N) is 2. The maximum absolute atomic E-state index is 11.2. The molecule has 0 unspecified atom stereocenters. The third kappa shape index (κ3) is 4.94. The Morgan fingerprint density at radius 2 is 2.21 bits per heavy atom. The molecule has 5 heteroatoms. The van der Waals surface area contributed by atoms with Gasteiger partial charge in [0.1, 0.15) is 6.29 Å². The summed E-state index contributed by atoms with van der Waals surface area (Å²) in [7, 11) is 0. The van der Waals surface area contributed by atoms with Crippen LogP contribution in [0.15, 0.2) is 0 Å². The van der Waals surface area contributed by atoms with E-state index in [4.69, 9.17) is 11.5 Å². The van der Waals surface area contributed by atoms with Crippen molar-refractivity contribution < 1.29 is 9.59 Å². The minimum absolute atomic E-state index is 0.0885. The smallest absolute Gasteiger partial charge is 0.238 e. The second-order valence-electron chi connectivity index (χ2n) is 3.24. The molecule has 14 heavy (non-hydrogen) atoms. The first-order chi connectivity index (χ1) is 6.65. The molecule has 0 aromatic carbocycles. The Morgan fingerprint density at radius 3 is 2.64 bits per heavy atom. The molecule has 0 heterocycles.